The first-order chi connectivity index (χ1) is 8.88. The summed E-state index contributed by atoms with van der Waals surface area (Å²) in [6, 6.07) is 4.74. The van der Waals surface area contributed by atoms with Gasteiger partial charge >= 0.3 is 0 Å². The number of hydrogen-bond donors (Lipinski definition) is 2. The van der Waals surface area contributed by atoms with E-state index in [2.05, 4.69) is 25.6 Å². The van der Waals surface area contributed by atoms with E-state index in [4.69, 9.17) is 5.73 Å². The second-order valence-electron chi connectivity index (χ2n) is 4.91. The quantitative estimate of drug-likeness (QED) is 0.810. The van der Waals surface area contributed by atoms with Gasteiger partial charge < -0.3 is 10.6 Å². The average Bonchev–Trinajstić information content (AvgIpc) is 2.31. The predicted octanol–water partition coefficient (Wildman–Crippen LogP) is 1.40. The van der Waals surface area contributed by atoms with Gasteiger partial charge in [0.15, 0.2) is 0 Å². The van der Waals surface area contributed by atoms with Crippen molar-refractivity contribution in [3.8, 4) is 0 Å². The number of likely N-dealkylation sites (N-methyl/N-ethyl adjacent to an activating group) is 1. The molecule has 2 rings (SSSR count). The molecule has 3 N–H and O–H groups in total. The van der Waals surface area contributed by atoms with Gasteiger partial charge in [0.25, 0.3) is 0 Å². The third-order valence-electron chi connectivity index (χ3n) is 3.19. The number of rotatable bonds is 3. The van der Waals surface area contributed by atoms with Gasteiger partial charge in [-0.05, 0) is 60.6 Å². The van der Waals surface area contributed by atoms with Crippen molar-refractivity contribution in [2.45, 2.75) is 23.8 Å². The minimum Gasteiger partial charge on any atom is -0.399 e. The highest BCUT2D eigenvalue weighted by molar-refractivity contribution is 9.10. The molecule has 106 valence electrons. The average molecular weight is 348 g/mol. The Hall–Kier alpha value is -0.630. The van der Waals surface area contributed by atoms with Crippen LogP contribution in [0.2, 0.25) is 0 Å². The second-order valence-corrected chi connectivity index (χ2v) is 7.45. The lowest BCUT2D eigenvalue weighted by Crippen LogP contribution is -2.46. The zero-order valence-electron chi connectivity index (χ0n) is 10.8. The highest BCUT2D eigenvalue weighted by atomic mass is 79.9. The van der Waals surface area contributed by atoms with E-state index in [1.54, 1.807) is 12.1 Å². The highest BCUT2D eigenvalue weighted by Gasteiger charge is 2.25. The summed E-state index contributed by atoms with van der Waals surface area (Å²) in [4.78, 5) is 2.33. The van der Waals surface area contributed by atoms with Crippen molar-refractivity contribution in [2.75, 3.05) is 25.9 Å². The molecule has 1 saturated heterocycles. The maximum atomic E-state index is 12.4. The summed E-state index contributed by atoms with van der Waals surface area (Å²) >= 11 is 3.26. The first-order valence-electron chi connectivity index (χ1n) is 6.14. The van der Waals surface area contributed by atoms with Crippen molar-refractivity contribution in [2.24, 2.45) is 0 Å². The molecule has 0 saturated carbocycles. The van der Waals surface area contributed by atoms with Crippen LogP contribution in [-0.2, 0) is 10.0 Å². The molecule has 1 unspecified atom stereocenters. The molecule has 1 atom stereocenters. The van der Waals surface area contributed by atoms with Crippen molar-refractivity contribution >= 4 is 31.6 Å². The number of nitrogens with two attached hydrogens (primary N) is 1. The molecule has 1 aliphatic rings. The Kier molecular flexibility index (Phi) is 4.50. The topological polar surface area (TPSA) is 75.4 Å². The largest absolute Gasteiger partial charge is 0.399 e. The van der Waals surface area contributed by atoms with Gasteiger partial charge in [0.1, 0.15) is 0 Å². The van der Waals surface area contributed by atoms with Crippen molar-refractivity contribution in [3.63, 3.8) is 0 Å². The minimum atomic E-state index is -3.54. The van der Waals surface area contributed by atoms with Crippen molar-refractivity contribution in [1.82, 2.24) is 9.62 Å². The second kappa shape index (κ2) is 5.78. The Morgan fingerprint density at radius 3 is 2.89 bits per heavy atom. The van der Waals surface area contributed by atoms with Crippen LogP contribution >= 0.6 is 15.9 Å². The van der Waals surface area contributed by atoms with E-state index >= 15 is 0 Å². The van der Waals surface area contributed by atoms with Crippen molar-refractivity contribution in [3.05, 3.63) is 22.7 Å². The monoisotopic (exact) mass is 347 g/mol. The lowest BCUT2D eigenvalue weighted by Gasteiger charge is -2.30. The third-order valence-corrected chi connectivity index (χ3v) is 5.71. The van der Waals surface area contributed by atoms with Crippen LogP contribution in [0.3, 0.4) is 0 Å². The molecular weight excluding hydrogens is 330 g/mol. The summed E-state index contributed by atoms with van der Waals surface area (Å²) in [6.07, 6.45) is 1.87. The number of halogens is 1. The van der Waals surface area contributed by atoms with E-state index in [0.29, 0.717) is 10.2 Å². The number of benzene rings is 1. The van der Waals surface area contributed by atoms with Crippen molar-refractivity contribution < 1.29 is 8.42 Å². The molecule has 1 aliphatic heterocycles. The van der Waals surface area contributed by atoms with E-state index in [0.717, 1.165) is 25.9 Å². The molecule has 0 spiro atoms. The number of hydrogen-bond acceptors (Lipinski definition) is 4. The van der Waals surface area contributed by atoms with Crippen LogP contribution < -0.4 is 10.5 Å². The van der Waals surface area contributed by atoms with E-state index in [-0.39, 0.29) is 10.9 Å². The highest BCUT2D eigenvalue weighted by Crippen LogP contribution is 2.24. The van der Waals surface area contributed by atoms with E-state index in [9.17, 15) is 8.42 Å². The van der Waals surface area contributed by atoms with Gasteiger partial charge in [0.05, 0.1) is 4.90 Å². The van der Waals surface area contributed by atoms with Gasteiger partial charge in [-0.1, -0.05) is 0 Å². The van der Waals surface area contributed by atoms with Gasteiger partial charge in [0.2, 0.25) is 10.0 Å². The molecule has 5 nitrogen and oxygen atoms in total. The minimum absolute atomic E-state index is 0.0444. The van der Waals surface area contributed by atoms with E-state index < -0.39 is 10.0 Å². The van der Waals surface area contributed by atoms with E-state index in [1.807, 2.05) is 7.05 Å². The van der Waals surface area contributed by atoms with Crippen LogP contribution in [0, 0.1) is 0 Å². The predicted molar refractivity (Wildman–Crippen MR) is 79.4 cm³/mol. The number of sulfonamides is 1. The number of anilines is 1. The summed E-state index contributed by atoms with van der Waals surface area (Å²) in [7, 11) is -1.54. The Balaban J connectivity index is 2.20. The maximum Gasteiger partial charge on any atom is 0.242 e. The zero-order chi connectivity index (χ0) is 14.0. The van der Waals surface area contributed by atoms with Crippen LogP contribution in [0.4, 0.5) is 5.69 Å². The number of nitrogens with one attached hydrogen (secondary N) is 1. The SMILES string of the molecule is CN1CCCC(NS(=O)(=O)c2cc(N)ccc2Br)C1. The Bertz CT molecular complexity index is 562. The summed E-state index contributed by atoms with van der Waals surface area (Å²) in [5, 5.41) is 0. The Labute approximate surface area is 122 Å². The molecule has 0 aromatic heterocycles. The van der Waals surface area contributed by atoms with Gasteiger partial charge in [-0.3, -0.25) is 0 Å². The number of likely N-dealkylation sites (tertiary alicyclic amines) is 1. The molecule has 0 radical (unpaired) electrons. The molecule has 7 heteroatoms. The molecule has 0 amide bonds. The summed E-state index contributed by atoms with van der Waals surface area (Å²) in [5.41, 5.74) is 6.09. The van der Waals surface area contributed by atoms with Gasteiger partial charge in [-0.25, -0.2) is 13.1 Å². The normalized spacial score (nSPS) is 21.5. The molecule has 1 aromatic carbocycles. The van der Waals surface area contributed by atoms with Gasteiger partial charge in [-0.15, -0.1) is 0 Å². The van der Waals surface area contributed by atoms with Crippen LogP contribution in [0.5, 0.6) is 0 Å². The standard InChI is InChI=1S/C12H18BrN3O2S/c1-16-6-2-3-10(8-16)15-19(17,18)12-7-9(14)4-5-11(12)13/h4-5,7,10,15H,2-3,6,8,14H2,1H3. The molecule has 1 fully saturated rings. The van der Waals surface area contributed by atoms with Crippen LogP contribution in [0.1, 0.15) is 12.8 Å². The number of nitrogens with zero attached hydrogens (tertiary/aromatic N) is 1. The molecule has 0 aliphatic carbocycles. The fourth-order valence-corrected chi connectivity index (χ4v) is 4.53. The van der Waals surface area contributed by atoms with Crippen LogP contribution in [-0.4, -0.2) is 39.5 Å². The molecule has 1 heterocycles. The van der Waals surface area contributed by atoms with Crippen LogP contribution in [0.25, 0.3) is 0 Å². The lowest BCUT2D eigenvalue weighted by atomic mass is 10.1. The number of piperidine rings is 1. The maximum absolute atomic E-state index is 12.4. The summed E-state index contributed by atoms with van der Waals surface area (Å²) in [5.74, 6) is 0. The molecule has 19 heavy (non-hydrogen) atoms. The first kappa shape index (κ1) is 14.8. The Morgan fingerprint density at radius 1 is 1.47 bits per heavy atom. The van der Waals surface area contributed by atoms with Gasteiger partial charge in [-0.2, -0.15) is 0 Å². The fraction of sp³-hybridized carbons (Fsp3) is 0.500. The lowest BCUT2D eigenvalue weighted by molar-refractivity contribution is 0.242. The zero-order valence-corrected chi connectivity index (χ0v) is 13.2. The Morgan fingerprint density at radius 2 is 2.21 bits per heavy atom. The van der Waals surface area contributed by atoms with Crippen LogP contribution in [0.15, 0.2) is 27.6 Å². The van der Waals surface area contributed by atoms with Crippen molar-refractivity contribution in [1.29, 1.82) is 0 Å². The molecular formula is C12H18BrN3O2S. The smallest absolute Gasteiger partial charge is 0.242 e. The molecule has 1 aromatic rings. The summed E-state index contributed by atoms with van der Waals surface area (Å²) in [6.45, 7) is 1.75. The summed E-state index contributed by atoms with van der Waals surface area (Å²) < 4.78 is 28.0. The molecule has 0 bridgehead atoms. The van der Waals surface area contributed by atoms with E-state index in [1.165, 1.54) is 6.07 Å². The third kappa shape index (κ3) is 3.68. The first-order valence-corrected chi connectivity index (χ1v) is 8.42. The van der Waals surface area contributed by atoms with Gasteiger partial charge in [0, 0.05) is 22.7 Å². The number of nitrogen functional groups attached to an aromatic ring is 1. The fourth-order valence-electron chi connectivity index (χ4n) is 2.27.